The second-order valence-corrected chi connectivity index (χ2v) is 8.60. The van der Waals surface area contributed by atoms with Crippen LogP contribution in [0.4, 0.5) is 0 Å². The van der Waals surface area contributed by atoms with Gasteiger partial charge in [0.15, 0.2) is 0 Å². The molecule has 0 unspecified atom stereocenters. The van der Waals surface area contributed by atoms with E-state index in [0.29, 0.717) is 32.2 Å². The summed E-state index contributed by atoms with van der Waals surface area (Å²) >= 11 is 0. The van der Waals surface area contributed by atoms with Crippen LogP contribution in [0.1, 0.15) is 57.8 Å². The van der Waals surface area contributed by atoms with Crippen molar-refractivity contribution in [1.82, 2.24) is 9.62 Å². The molecule has 1 saturated heterocycles. The zero-order valence-corrected chi connectivity index (χ0v) is 14.9. The Hall–Kier alpha value is -0.660. The van der Waals surface area contributed by atoms with Crippen LogP contribution in [-0.4, -0.2) is 56.7 Å². The van der Waals surface area contributed by atoms with E-state index in [4.69, 9.17) is 4.74 Å². The SMILES string of the molecule is CS(=O)(=O)N1CCCC[C@H]1C(=O)NCCCOC1CCCCC1. The number of nitrogens with zero attached hydrogens (tertiary/aromatic N) is 1. The van der Waals surface area contributed by atoms with Crippen molar-refractivity contribution in [2.75, 3.05) is 26.0 Å². The predicted molar refractivity (Wildman–Crippen MR) is 89.6 cm³/mol. The highest BCUT2D eigenvalue weighted by Gasteiger charge is 2.34. The summed E-state index contributed by atoms with van der Waals surface area (Å²) in [6.45, 7) is 1.65. The molecule has 0 aromatic carbocycles. The third kappa shape index (κ3) is 6.04. The molecule has 0 spiro atoms. The van der Waals surface area contributed by atoms with Crippen LogP contribution >= 0.6 is 0 Å². The highest BCUT2D eigenvalue weighted by atomic mass is 32.2. The predicted octanol–water partition coefficient (Wildman–Crippen LogP) is 1.66. The van der Waals surface area contributed by atoms with Gasteiger partial charge in [-0.25, -0.2) is 8.42 Å². The van der Waals surface area contributed by atoms with Gasteiger partial charge in [-0.15, -0.1) is 0 Å². The molecule has 6 nitrogen and oxygen atoms in total. The van der Waals surface area contributed by atoms with Crippen LogP contribution < -0.4 is 5.32 Å². The lowest BCUT2D eigenvalue weighted by Crippen LogP contribution is -2.51. The van der Waals surface area contributed by atoms with Gasteiger partial charge in [0.25, 0.3) is 0 Å². The lowest BCUT2D eigenvalue weighted by Gasteiger charge is -2.32. The maximum absolute atomic E-state index is 12.3. The molecular formula is C16H30N2O4S. The van der Waals surface area contributed by atoms with E-state index in [2.05, 4.69) is 5.32 Å². The number of hydrogen-bond acceptors (Lipinski definition) is 4. The first-order valence-corrected chi connectivity index (χ1v) is 10.7. The molecule has 2 fully saturated rings. The van der Waals surface area contributed by atoms with Gasteiger partial charge in [-0.05, 0) is 32.1 Å². The maximum atomic E-state index is 12.3. The smallest absolute Gasteiger partial charge is 0.238 e. The molecule has 0 bridgehead atoms. The Morgan fingerprint density at radius 3 is 2.52 bits per heavy atom. The number of sulfonamides is 1. The molecule has 23 heavy (non-hydrogen) atoms. The summed E-state index contributed by atoms with van der Waals surface area (Å²) < 4.78 is 30.7. The fourth-order valence-corrected chi connectivity index (χ4v) is 4.57. The molecule has 1 amide bonds. The number of piperidine rings is 1. The summed E-state index contributed by atoms with van der Waals surface area (Å²) in [6, 6.07) is -0.544. The van der Waals surface area contributed by atoms with Crippen molar-refractivity contribution in [2.45, 2.75) is 69.9 Å². The van der Waals surface area contributed by atoms with Crippen LogP contribution in [0.15, 0.2) is 0 Å². The van der Waals surface area contributed by atoms with E-state index in [1.54, 1.807) is 0 Å². The van der Waals surface area contributed by atoms with Crippen LogP contribution in [0.5, 0.6) is 0 Å². The standard InChI is InChI=1S/C16H30N2O4S/c1-23(20,21)18-12-6-5-10-15(18)16(19)17-11-7-13-22-14-8-3-2-4-9-14/h14-15H,2-13H2,1H3,(H,17,19)/t15-/m0/s1. The lowest BCUT2D eigenvalue weighted by atomic mass is 9.98. The van der Waals surface area contributed by atoms with Crippen molar-refractivity contribution in [3.8, 4) is 0 Å². The largest absolute Gasteiger partial charge is 0.378 e. The monoisotopic (exact) mass is 346 g/mol. The molecule has 1 aliphatic heterocycles. The maximum Gasteiger partial charge on any atom is 0.238 e. The minimum absolute atomic E-state index is 0.173. The first kappa shape index (κ1) is 18.7. The van der Waals surface area contributed by atoms with E-state index in [1.807, 2.05) is 0 Å². The van der Waals surface area contributed by atoms with E-state index in [-0.39, 0.29) is 5.91 Å². The minimum Gasteiger partial charge on any atom is -0.378 e. The summed E-state index contributed by atoms with van der Waals surface area (Å²) in [5.41, 5.74) is 0. The number of rotatable bonds is 7. The first-order valence-electron chi connectivity index (χ1n) is 8.84. The van der Waals surface area contributed by atoms with Gasteiger partial charge in [-0.3, -0.25) is 4.79 Å². The molecule has 1 atom stereocenters. The number of carbonyl (C=O) groups excluding carboxylic acids is 1. The molecule has 2 aliphatic rings. The molecule has 1 heterocycles. The summed E-state index contributed by atoms with van der Waals surface area (Å²) in [5.74, 6) is -0.173. The van der Waals surface area contributed by atoms with E-state index in [1.165, 1.54) is 29.8 Å². The van der Waals surface area contributed by atoms with Crippen molar-refractivity contribution in [1.29, 1.82) is 0 Å². The normalized spacial score (nSPS) is 24.5. The average Bonchev–Trinajstić information content (AvgIpc) is 2.54. The molecule has 7 heteroatoms. The molecule has 0 aromatic heterocycles. The highest BCUT2D eigenvalue weighted by molar-refractivity contribution is 7.88. The third-order valence-corrected chi connectivity index (χ3v) is 6.00. The van der Waals surface area contributed by atoms with Crippen LogP contribution in [0.3, 0.4) is 0 Å². The Morgan fingerprint density at radius 1 is 1.13 bits per heavy atom. The van der Waals surface area contributed by atoms with Crippen molar-refractivity contribution in [3.63, 3.8) is 0 Å². The number of amides is 1. The van der Waals surface area contributed by atoms with Crippen LogP contribution in [0.25, 0.3) is 0 Å². The molecule has 1 N–H and O–H groups in total. The minimum atomic E-state index is -3.32. The van der Waals surface area contributed by atoms with Gasteiger partial charge in [0.05, 0.1) is 12.4 Å². The number of nitrogens with one attached hydrogen (secondary N) is 1. The summed E-state index contributed by atoms with van der Waals surface area (Å²) in [4.78, 5) is 12.3. The first-order chi connectivity index (χ1) is 11.0. The summed E-state index contributed by atoms with van der Waals surface area (Å²) in [7, 11) is -3.32. The zero-order chi connectivity index (χ0) is 16.7. The Kier molecular flexibility index (Phi) is 7.30. The van der Waals surface area contributed by atoms with Gasteiger partial charge in [0.2, 0.25) is 15.9 Å². The van der Waals surface area contributed by atoms with Gasteiger partial charge < -0.3 is 10.1 Å². The Morgan fingerprint density at radius 2 is 1.83 bits per heavy atom. The van der Waals surface area contributed by atoms with Gasteiger partial charge in [0, 0.05) is 19.7 Å². The fourth-order valence-electron chi connectivity index (χ4n) is 3.45. The number of hydrogen-bond donors (Lipinski definition) is 1. The van der Waals surface area contributed by atoms with Crippen molar-refractivity contribution in [2.24, 2.45) is 0 Å². The Labute approximate surface area is 140 Å². The van der Waals surface area contributed by atoms with Crippen LogP contribution in [0.2, 0.25) is 0 Å². The zero-order valence-electron chi connectivity index (χ0n) is 14.1. The van der Waals surface area contributed by atoms with Crippen molar-refractivity contribution < 1.29 is 17.9 Å². The molecule has 134 valence electrons. The summed E-state index contributed by atoms with van der Waals surface area (Å²) in [5, 5.41) is 2.87. The fraction of sp³-hybridized carbons (Fsp3) is 0.938. The lowest BCUT2D eigenvalue weighted by molar-refractivity contribution is -0.125. The van der Waals surface area contributed by atoms with Crippen LogP contribution in [0, 0.1) is 0 Å². The molecule has 1 saturated carbocycles. The van der Waals surface area contributed by atoms with E-state index in [9.17, 15) is 13.2 Å². The van der Waals surface area contributed by atoms with E-state index < -0.39 is 16.1 Å². The Balaban J connectivity index is 1.67. The Bertz CT molecular complexity index is 474. The highest BCUT2D eigenvalue weighted by Crippen LogP contribution is 2.21. The van der Waals surface area contributed by atoms with Crippen molar-refractivity contribution >= 4 is 15.9 Å². The van der Waals surface area contributed by atoms with E-state index >= 15 is 0 Å². The summed E-state index contributed by atoms with van der Waals surface area (Å²) in [6.07, 6.45) is 10.8. The van der Waals surface area contributed by atoms with Gasteiger partial charge in [-0.2, -0.15) is 4.31 Å². The second-order valence-electron chi connectivity index (χ2n) is 6.66. The molecular weight excluding hydrogens is 316 g/mol. The second kappa shape index (κ2) is 8.99. The quantitative estimate of drug-likeness (QED) is 0.711. The average molecular weight is 346 g/mol. The van der Waals surface area contributed by atoms with E-state index in [0.717, 1.165) is 32.1 Å². The van der Waals surface area contributed by atoms with Gasteiger partial charge >= 0.3 is 0 Å². The third-order valence-electron chi connectivity index (χ3n) is 4.71. The molecule has 0 aromatic rings. The van der Waals surface area contributed by atoms with Gasteiger partial charge in [0.1, 0.15) is 6.04 Å². The number of ether oxygens (including phenoxy) is 1. The molecule has 1 aliphatic carbocycles. The molecule has 2 rings (SSSR count). The topological polar surface area (TPSA) is 75.7 Å². The van der Waals surface area contributed by atoms with Crippen molar-refractivity contribution in [3.05, 3.63) is 0 Å². The van der Waals surface area contributed by atoms with Crippen LogP contribution in [-0.2, 0) is 19.6 Å². The van der Waals surface area contributed by atoms with Gasteiger partial charge in [-0.1, -0.05) is 25.7 Å². The number of carbonyl (C=O) groups is 1. The molecule has 0 radical (unpaired) electrons.